The van der Waals surface area contributed by atoms with Crippen LogP contribution in [0.15, 0.2) is 54.6 Å². The average molecular weight is 321 g/mol. The molecule has 4 rings (SSSR count). The fourth-order valence-corrected chi connectivity index (χ4v) is 3.78. The van der Waals surface area contributed by atoms with Crippen molar-refractivity contribution in [2.24, 2.45) is 0 Å². The number of fused-ring (bicyclic) bond motifs is 1. The fourth-order valence-electron chi connectivity index (χ4n) is 3.78. The third-order valence-electron chi connectivity index (χ3n) is 5.15. The van der Waals surface area contributed by atoms with Crippen LogP contribution in [0.25, 0.3) is 0 Å². The summed E-state index contributed by atoms with van der Waals surface area (Å²) in [4.78, 5) is 16.9. The van der Waals surface area contributed by atoms with Crippen molar-refractivity contribution in [3.05, 3.63) is 65.7 Å². The zero-order valence-corrected chi connectivity index (χ0v) is 13.8. The Bertz CT molecular complexity index is 716. The van der Waals surface area contributed by atoms with Crippen molar-refractivity contribution >= 4 is 11.7 Å². The predicted octanol–water partition coefficient (Wildman–Crippen LogP) is 3.35. The average Bonchev–Trinajstić information content (AvgIpc) is 3.12. The van der Waals surface area contributed by atoms with Gasteiger partial charge in [-0.1, -0.05) is 42.5 Å². The molecule has 1 atom stereocenters. The number of urea groups is 1. The van der Waals surface area contributed by atoms with Gasteiger partial charge in [-0.25, -0.2) is 4.79 Å². The highest BCUT2D eigenvalue weighted by molar-refractivity contribution is 5.89. The highest BCUT2D eigenvalue weighted by Crippen LogP contribution is 2.24. The molecule has 2 aliphatic heterocycles. The molecule has 2 aromatic rings. The van der Waals surface area contributed by atoms with E-state index in [2.05, 4.69) is 34.5 Å². The third-order valence-corrected chi connectivity index (χ3v) is 5.15. The van der Waals surface area contributed by atoms with Crippen molar-refractivity contribution in [1.82, 2.24) is 9.80 Å². The van der Waals surface area contributed by atoms with Gasteiger partial charge in [-0.15, -0.1) is 0 Å². The highest BCUT2D eigenvalue weighted by atomic mass is 16.2. The maximum absolute atomic E-state index is 12.4. The van der Waals surface area contributed by atoms with Crippen LogP contribution >= 0.6 is 0 Å². The molecule has 1 fully saturated rings. The van der Waals surface area contributed by atoms with E-state index in [1.165, 1.54) is 11.1 Å². The Hall–Kier alpha value is -2.33. The second kappa shape index (κ2) is 6.65. The monoisotopic (exact) mass is 321 g/mol. The summed E-state index contributed by atoms with van der Waals surface area (Å²) in [6, 6.07) is 18.9. The van der Waals surface area contributed by atoms with E-state index in [-0.39, 0.29) is 6.03 Å². The summed E-state index contributed by atoms with van der Waals surface area (Å²) < 4.78 is 0. The van der Waals surface area contributed by atoms with Gasteiger partial charge in [0.25, 0.3) is 0 Å². The molecule has 1 N–H and O–H groups in total. The maximum Gasteiger partial charge on any atom is 0.321 e. The molecule has 0 spiro atoms. The Morgan fingerprint density at radius 1 is 0.958 bits per heavy atom. The van der Waals surface area contributed by atoms with Gasteiger partial charge in [-0.05, 0) is 36.1 Å². The van der Waals surface area contributed by atoms with Gasteiger partial charge < -0.3 is 10.2 Å². The second-order valence-electron chi connectivity index (χ2n) is 6.67. The molecule has 0 bridgehead atoms. The molecule has 1 saturated heterocycles. The number of likely N-dealkylation sites (tertiary alicyclic amines) is 1. The highest BCUT2D eigenvalue weighted by Gasteiger charge is 2.31. The molecule has 124 valence electrons. The summed E-state index contributed by atoms with van der Waals surface area (Å²) in [6.07, 6.45) is 2.17. The van der Waals surface area contributed by atoms with Crippen molar-refractivity contribution in [2.45, 2.75) is 25.4 Å². The van der Waals surface area contributed by atoms with E-state index >= 15 is 0 Å². The predicted molar refractivity (Wildman–Crippen MR) is 96.0 cm³/mol. The lowest BCUT2D eigenvalue weighted by Crippen LogP contribution is -2.42. The van der Waals surface area contributed by atoms with Crippen LogP contribution in [0.4, 0.5) is 10.5 Å². The van der Waals surface area contributed by atoms with E-state index in [9.17, 15) is 4.79 Å². The SMILES string of the molecule is O=C(Nc1ccccc1)N1CCC(N2CCc3ccccc3C2)C1. The number of hydrogen-bond donors (Lipinski definition) is 1. The number of anilines is 1. The smallest absolute Gasteiger partial charge is 0.321 e. The first-order valence-electron chi connectivity index (χ1n) is 8.71. The minimum atomic E-state index is 0.0149. The lowest BCUT2D eigenvalue weighted by molar-refractivity contribution is 0.177. The van der Waals surface area contributed by atoms with Crippen LogP contribution < -0.4 is 5.32 Å². The van der Waals surface area contributed by atoms with Gasteiger partial charge in [-0.2, -0.15) is 0 Å². The van der Waals surface area contributed by atoms with Crippen LogP contribution in [0, 0.1) is 0 Å². The molecule has 4 nitrogen and oxygen atoms in total. The van der Waals surface area contributed by atoms with E-state index < -0.39 is 0 Å². The molecular weight excluding hydrogens is 298 g/mol. The summed E-state index contributed by atoms with van der Waals surface area (Å²) in [5.74, 6) is 0. The minimum absolute atomic E-state index is 0.0149. The Morgan fingerprint density at radius 2 is 1.71 bits per heavy atom. The van der Waals surface area contributed by atoms with Gasteiger partial charge in [-0.3, -0.25) is 4.90 Å². The molecule has 2 aromatic carbocycles. The summed E-state index contributed by atoms with van der Waals surface area (Å²) in [6.45, 7) is 3.76. The largest absolute Gasteiger partial charge is 0.323 e. The Labute approximate surface area is 143 Å². The molecule has 0 aromatic heterocycles. The standard InChI is InChI=1S/C20H23N3O/c24-20(21-18-8-2-1-3-9-18)23-13-11-19(15-23)22-12-10-16-6-4-5-7-17(16)14-22/h1-9,19H,10-15H2,(H,21,24). The van der Waals surface area contributed by atoms with Gasteiger partial charge >= 0.3 is 6.03 Å². The van der Waals surface area contributed by atoms with Crippen molar-refractivity contribution in [3.8, 4) is 0 Å². The zero-order chi connectivity index (χ0) is 16.4. The number of carbonyl (C=O) groups is 1. The molecule has 24 heavy (non-hydrogen) atoms. The summed E-state index contributed by atoms with van der Waals surface area (Å²) >= 11 is 0. The van der Waals surface area contributed by atoms with E-state index in [1.54, 1.807) is 0 Å². The third kappa shape index (κ3) is 3.15. The van der Waals surface area contributed by atoms with Crippen LogP contribution in [0.3, 0.4) is 0 Å². The van der Waals surface area contributed by atoms with Crippen LogP contribution in [-0.4, -0.2) is 41.5 Å². The first kappa shape index (κ1) is 15.2. The zero-order valence-electron chi connectivity index (χ0n) is 13.8. The fraction of sp³-hybridized carbons (Fsp3) is 0.350. The number of nitrogens with one attached hydrogen (secondary N) is 1. The van der Waals surface area contributed by atoms with Crippen LogP contribution in [0.1, 0.15) is 17.5 Å². The Balaban J connectivity index is 1.36. The molecule has 0 aliphatic carbocycles. The number of hydrogen-bond acceptors (Lipinski definition) is 2. The molecule has 0 radical (unpaired) electrons. The number of nitrogens with zero attached hydrogens (tertiary/aromatic N) is 2. The Morgan fingerprint density at radius 3 is 2.54 bits per heavy atom. The number of amides is 2. The first-order valence-corrected chi connectivity index (χ1v) is 8.71. The molecule has 2 aliphatic rings. The number of benzene rings is 2. The maximum atomic E-state index is 12.4. The van der Waals surface area contributed by atoms with E-state index in [0.29, 0.717) is 6.04 Å². The van der Waals surface area contributed by atoms with E-state index in [4.69, 9.17) is 0 Å². The van der Waals surface area contributed by atoms with Gasteiger partial charge in [0.1, 0.15) is 0 Å². The molecule has 0 saturated carbocycles. The van der Waals surface area contributed by atoms with Crippen molar-refractivity contribution < 1.29 is 4.79 Å². The van der Waals surface area contributed by atoms with Gasteiger partial charge in [0.2, 0.25) is 0 Å². The minimum Gasteiger partial charge on any atom is -0.323 e. The summed E-state index contributed by atoms with van der Waals surface area (Å²) in [5, 5.41) is 2.99. The van der Waals surface area contributed by atoms with Crippen molar-refractivity contribution in [3.63, 3.8) is 0 Å². The van der Waals surface area contributed by atoms with E-state index in [0.717, 1.165) is 44.7 Å². The molecule has 1 unspecified atom stereocenters. The normalized spacial score (nSPS) is 20.7. The van der Waals surface area contributed by atoms with E-state index in [1.807, 2.05) is 35.2 Å². The van der Waals surface area contributed by atoms with Gasteiger partial charge in [0.15, 0.2) is 0 Å². The molecular formula is C20H23N3O. The van der Waals surface area contributed by atoms with Gasteiger partial charge in [0, 0.05) is 37.9 Å². The summed E-state index contributed by atoms with van der Waals surface area (Å²) in [7, 11) is 0. The van der Waals surface area contributed by atoms with Crippen LogP contribution in [0.2, 0.25) is 0 Å². The van der Waals surface area contributed by atoms with Crippen molar-refractivity contribution in [2.75, 3.05) is 25.0 Å². The topological polar surface area (TPSA) is 35.6 Å². The quantitative estimate of drug-likeness (QED) is 0.921. The number of rotatable bonds is 2. The van der Waals surface area contributed by atoms with Gasteiger partial charge in [0.05, 0.1) is 0 Å². The molecule has 2 heterocycles. The molecule has 4 heteroatoms. The lowest BCUT2D eigenvalue weighted by atomic mass is 9.98. The van der Waals surface area contributed by atoms with Crippen molar-refractivity contribution in [1.29, 1.82) is 0 Å². The number of para-hydroxylation sites is 1. The Kier molecular flexibility index (Phi) is 4.22. The first-order chi connectivity index (χ1) is 11.8. The molecule has 2 amide bonds. The summed E-state index contributed by atoms with van der Waals surface area (Å²) in [5.41, 5.74) is 3.78. The van der Waals surface area contributed by atoms with Crippen LogP contribution in [-0.2, 0) is 13.0 Å². The van der Waals surface area contributed by atoms with Crippen LogP contribution in [0.5, 0.6) is 0 Å². The second-order valence-corrected chi connectivity index (χ2v) is 6.67. The number of carbonyl (C=O) groups excluding carboxylic acids is 1. The lowest BCUT2D eigenvalue weighted by Gasteiger charge is -2.33.